The third kappa shape index (κ3) is 4.78. The van der Waals surface area contributed by atoms with E-state index < -0.39 is 10.8 Å². The second kappa shape index (κ2) is 5.70. The van der Waals surface area contributed by atoms with Crippen LogP contribution in [0.25, 0.3) is 0 Å². The van der Waals surface area contributed by atoms with Crippen molar-refractivity contribution < 1.29 is 4.21 Å². The van der Waals surface area contributed by atoms with Crippen LogP contribution in [-0.2, 0) is 10.8 Å². The molecule has 5 heteroatoms. The SMILES string of the molecule is CC(CCS(C)=O)Nc1cncc(N)c1. The molecule has 0 fully saturated rings. The highest BCUT2D eigenvalue weighted by Crippen LogP contribution is 2.11. The van der Waals surface area contributed by atoms with E-state index in [9.17, 15) is 4.21 Å². The lowest BCUT2D eigenvalue weighted by Crippen LogP contribution is -2.18. The van der Waals surface area contributed by atoms with E-state index in [2.05, 4.69) is 17.2 Å². The van der Waals surface area contributed by atoms with Crippen molar-refractivity contribution in [2.45, 2.75) is 19.4 Å². The molecule has 3 N–H and O–H groups in total. The van der Waals surface area contributed by atoms with E-state index in [1.54, 1.807) is 18.6 Å². The monoisotopic (exact) mass is 227 g/mol. The average Bonchev–Trinajstić information content (AvgIpc) is 2.15. The Hall–Kier alpha value is -1.10. The topological polar surface area (TPSA) is 68.0 Å². The van der Waals surface area contributed by atoms with E-state index in [0.717, 1.165) is 12.1 Å². The van der Waals surface area contributed by atoms with Crippen LogP contribution in [0.1, 0.15) is 13.3 Å². The first-order chi connectivity index (χ1) is 7.08. The smallest absolute Gasteiger partial charge is 0.0549 e. The van der Waals surface area contributed by atoms with Gasteiger partial charge in [-0.2, -0.15) is 0 Å². The average molecular weight is 227 g/mol. The lowest BCUT2D eigenvalue weighted by molar-refractivity contribution is 0.678. The molecule has 0 saturated carbocycles. The van der Waals surface area contributed by atoms with Crippen molar-refractivity contribution in [1.82, 2.24) is 4.98 Å². The Morgan fingerprint density at radius 3 is 2.93 bits per heavy atom. The zero-order valence-corrected chi connectivity index (χ0v) is 9.88. The molecule has 1 rings (SSSR count). The molecule has 0 saturated heterocycles. The first-order valence-electron chi connectivity index (χ1n) is 4.85. The molecular weight excluding hydrogens is 210 g/mol. The van der Waals surface area contributed by atoms with Crippen molar-refractivity contribution in [2.75, 3.05) is 23.1 Å². The minimum atomic E-state index is -0.729. The summed E-state index contributed by atoms with van der Waals surface area (Å²) in [6, 6.07) is 2.12. The second-order valence-electron chi connectivity index (χ2n) is 3.62. The van der Waals surface area contributed by atoms with Crippen molar-refractivity contribution >= 4 is 22.2 Å². The molecule has 1 aromatic heterocycles. The first kappa shape index (κ1) is 12.0. The molecule has 0 aliphatic carbocycles. The van der Waals surface area contributed by atoms with Gasteiger partial charge in [0.05, 0.1) is 17.6 Å². The Balaban J connectivity index is 2.44. The van der Waals surface area contributed by atoms with Crippen LogP contribution < -0.4 is 11.1 Å². The van der Waals surface area contributed by atoms with E-state index in [-0.39, 0.29) is 6.04 Å². The Kier molecular flexibility index (Phi) is 4.55. The number of nitrogen functional groups attached to an aromatic ring is 1. The van der Waals surface area contributed by atoms with Gasteiger partial charge in [0.2, 0.25) is 0 Å². The Morgan fingerprint density at radius 1 is 1.60 bits per heavy atom. The summed E-state index contributed by atoms with van der Waals surface area (Å²) >= 11 is 0. The number of nitrogens with one attached hydrogen (secondary N) is 1. The minimum Gasteiger partial charge on any atom is -0.397 e. The van der Waals surface area contributed by atoms with Gasteiger partial charge in [0.1, 0.15) is 0 Å². The van der Waals surface area contributed by atoms with Gasteiger partial charge in [-0.05, 0) is 19.4 Å². The fourth-order valence-electron chi connectivity index (χ4n) is 1.24. The van der Waals surface area contributed by atoms with E-state index in [1.165, 1.54) is 0 Å². The quantitative estimate of drug-likeness (QED) is 0.794. The summed E-state index contributed by atoms with van der Waals surface area (Å²) in [5.74, 6) is 0.712. The predicted molar refractivity (Wildman–Crippen MR) is 65.3 cm³/mol. The molecule has 84 valence electrons. The molecule has 15 heavy (non-hydrogen) atoms. The molecule has 1 heterocycles. The van der Waals surface area contributed by atoms with E-state index in [1.807, 2.05) is 6.07 Å². The molecule has 0 radical (unpaired) electrons. The number of anilines is 2. The van der Waals surface area contributed by atoms with Gasteiger partial charge in [0.25, 0.3) is 0 Å². The molecule has 2 unspecified atom stereocenters. The number of hydrogen-bond acceptors (Lipinski definition) is 4. The number of nitrogens with zero attached hydrogens (tertiary/aromatic N) is 1. The fraction of sp³-hybridized carbons (Fsp3) is 0.500. The standard InChI is InChI=1S/C10H17N3OS/c1-8(3-4-15(2)14)13-10-5-9(11)6-12-7-10/h5-8,13H,3-4,11H2,1-2H3. The predicted octanol–water partition coefficient (Wildman–Crippen LogP) is 1.23. The molecule has 0 aliphatic heterocycles. The second-order valence-corrected chi connectivity index (χ2v) is 5.17. The van der Waals surface area contributed by atoms with Crippen LogP contribution in [0.4, 0.5) is 11.4 Å². The van der Waals surface area contributed by atoms with Crippen molar-refractivity contribution in [3.05, 3.63) is 18.5 Å². The first-order valence-corrected chi connectivity index (χ1v) is 6.57. The highest BCUT2D eigenvalue weighted by atomic mass is 32.2. The summed E-state index contributed by atoms with van der Waals surface area (Å²) in [4.78, 5) is 3.99. The van der Waals surface area contributed by atoms with Crippen molar-refractivity contribution in [3.8, 4) is 0 Å². The molecule has 0 amide bonds. The number of rotatable bonds is 5. The summed E-state index contributed by atoms with van der Waals surface area (Å²) < 4.78 is 10.9. The van der Waals surface area contributed by atoms with E-state index in [4.69, 9.17) is 5.73 Å². The highest BCUT2D eigenvalue weighted by Gasteiger charge is 2.03. The van der Waals surface area contributed by atoms with Crippen LogP contribution in [0.3, 0.4) is 0 Å². The molecule has 1 aromatic rings. The summed E-state index contributed by atoms with van der Waals surface area (Å²) in [5, 5.41) is 3.26. The summed E-state index contributed by atoms with van der Waals surface area (Å²) in [6.07, 6.45) is 5.93. The highest BCUT2D eigenvalue weighted by molar-refractivity contribution is 7.84. The van der Waals surface area contributed by atoms with Crippen LogP contribution in [0.2, 0.25) is 0 Å². The fourth-order valence-corrected chi connectivity index (χ4v) is 1.92. The molecular formula is C10H17N3OS. The lowest BCUT2D eigenvalue weighted by atomic mass is 10.2. The van der Waals surface area contributed by atoms with Gasteiger partial charge < -0.3 is 11.1 Å². The number of hydrogen-bond donors (Lipinski definition) is 2. The maximum absolute atomic E-state index is 10.9. The van der Waals surface area contributed by atoms with Gasteiger partial charge in [-0.1, -0.05) is 0 Å². The Morgan fingerprint density at radius 2 is 2.33 bits per heavy atom. The zero-order chi connectivity index (χ0) is 11.3. The van der Waals surface area contributed by atoms with Gasteiger partial charge in [0.15, 0.2) is 0 Å². The van der Waals surface area contributed by atoms with Gasteiger partial charge in [-0.3, -0.25) is 9.19 Å². The van der Waals surface area contributed by atoms with E-state index >= 15 is 0 Å². The van der Waals surface area contributed by atoms with Crippen LogP contribution in [-0.4, -0.2) is 27.2 Å². The third-order valence-electron chi connectivity index (χ3n) is 2.01. The lowest BCUT2D eigenvalue weighted by Gasteiger charge is -2.14. The van der Waals surface area contributed by atoms with E-state index in [0.29, 0.717) is 11.4 Å². The number of aromatic nitrogens is 1. The minimum absolute atomic E-state index is 0.275. The van der Waals surface area contributed by atoms with Crippen LogP contribution in [0.15, 0.2) is 18.5 Å². The van der Waals surface area contributed by atoms with Crippen LogP contribution in [0.5, 0.6) is 0 Å². The molecule has 0 bridgehead atoms. The summed E-state index contributed by atoms with van der Waals surface area (Å²) in [7, 11) is -0.729. The van der Waals surface area contributed by atoms with Crippen LogP contribution in [0, 0.1) is 0 Å². The summed E-state index contributed by atoms with van der Waals surface area (Å²) in [5.41, 5.74) is 7.16. The third-order valence-corrected chi connectivity index (χ3v) is 2.82. The molecule has 0 aliphatic rings. The molecule has 4 nitrogen and oxygen atoms in total. The van der Waals surface area contributed by atoms with Crippen molar-refractivity contribution in [3.63, 3.8) is 0 Å². The van der Waals surface area contributed by atoms with Crippen molar-refractivity contribution in [2.24, 2.45) is 0 Å². The Bertz CT molecular complexity index is 343. The number of pyridine rings is 1. The zero-order valence-electron chi connectivity index (χ0n) is 9.06. The van der Waals surface area contributed by atoms with Crippen molar-refractivity contribution in [1.29, 1.82) is 0 Å². The largest absolute Gasteiger partial charge is 0.397 e. The molecule has 2 atom stereocenters. The normalized spacial score (nSPS) is 14.5. The maximum Gasteiger partial charge on any atom is 0.0549 e. The summed E-state index contributed by atoms with van der Waals surface area (Å²) in [6.45, 7) is 2.05. The van der Waals surface area contributed by atoms with Gasteiger partial charge >= 0.3 is 0 Å². The Labute approximate surface area is 92.7 Å². The van der Waals surface area contributed by atoms with Gasteiger partial charge in [0, 0.05) is 35.0 Å². The van der Waals surface area contributed by atoms with Crippen LogP contribution >= 0.6 is 0 Å². The maximum atomic E-state index is 10.9. The van der Waals surface area contributed by atoms with Gasteiger partial charge in [-0.15, -0.1) is 0 Å². The number of nitrogens with two attached hydrogens (primary N) is 1. The molecule has 0 aromatic carbocycles. The van der Waals surface area contributed by atoms with Gasteiger partial charge in [-0.25, -0.2) is 0 Å². The molecule has 0 spiro atoms.